The Kier molecular flexibility index (Phi) is 6.01. The Morgan fingerprint density at radius 2 is 1.95 bits per heavy atom. The van der Waals surface area contributed by atoms with E-state index in [2.05, 4.69) is 11.4 Å². The van der Waals surface area contributed by atoms with E-state index in [0.29, 0.717) is 32.4 Å². The molecule has 1 aliphatic rings. The van der Waals surface area contributed by atoms with Gasteiger partial charge in [0, 0.05) is 19.0 Å². The van der Waals surface area contributed by atoms with Crippen LogP contribution in [-0.4, -0.2) is 41.6 Å². The molecule has 0 saturated carbocycles. The van der Waals surface area contributed by atoms with Crippen molar-refractivity contribution in [3.8, 4) is 6.07 Å². The fraction of sp³-hybridized carbons (Fsp3) is 0.800. The van der Waals surface area contributed by atoms with E-state index in [1.807, 2.05) is 6.92 Å². The highest BCUT2D eigenvalue weighted by Gasteiger charge is 2.29. The molecule has 1 N–H and O–H groups in total. The second kappa shape index (κ2) is 7.30. The van der Waals surface area contributed by atoms with Gasteiger partial charge < -0.3 is 15.0 Å². The maximum atomic E-state index is 12.4. The first-order chi connectivity index (χ1) is 9.76. The monoisotopic (exact) mass is 295 g/mol. The predicted molar refractivity (Wildman–Crippen MR) is 78.4 cm³/mol. The van der Waals surface area contributed by atoms with Crippen LogP contribution in [0, 0.1) is 17.2 Å². The number of ether oxygens (including phenoxy) is 1. The van der Waals surface area contributed by atoms with Crippen LogP contribution >= 0.6 is 0 Å². The number of carbonyl (C=O) groups is 2. The minimum Gasteiger partial charge on any atom is -0.444 e. The highest BCUT2D eigenvalue weighted by atomic mass is 16.6. The highest BCUT2D eigenvalue weighted by Crippen LogP contribution is 2.17. The summed E-state index contributed by atoms with van der Waals surface area (Å²) in [7, 11) is 0. The molecule has 1 aliphatic heterocycles. The molecule has 1 heterocycles. The Morgan fingerprint density at radius 1 is 1.38 bits per heavy atom. The number of nitrogens with one attached hydrogen (secondary N) is 1. The zero-order valence-corrected chi connectivity index (χ0v) is 13.3. The summed E-state index contributed by atoms with van der Waals surface area (Å²) in [5.74, 6) is -0.0623. The summed E-state index contributed by atoms with van der Waals surface area (Å²) in [6.07, 6.45) is 1.33. The number of rotatable bonds is 3. The number of hydrogen-bond donors (Lipinski definition) is 1. The van der Waals surface area contributed by atoms with Crippen LogP contribution in [0.5, 0.6) is 0 Å². The van der Waals surface area contributed by atoms with Gasteiger partial charge in [-0.1, -0.05) is 6.92 Å². The molecule has 0 bridgehead atoms. The van der Waals surface area contributed by atoms with Gasteiger partial charge in [0.2, 0.25) is 5.91 Å². The highest BCUT2D eigenvalue weighted by molar-refractivity contribution is 5.85. The van der Waals surface area contributed by atoms with Gasteiger partial charge in [-0.2, -0.15) is 5.26 Å². The third-order valence-electron chi connectivity index (χ3n) is 3.39. The number of likely N-dealkylation sites (tertiary alicyclic amines) is 1. The second-order valence-corrected chi connectivity index (χ2v) is 6.34. The maximum Gasteiger partial charge on any atom is 0.408 e. The Labute approximate surface area is 126 Å². The maximum absolute atomic E-state index is 12.4. The molecule has 0 aromatic heterocycles. The van der Waals surface area contributed by atoms with Crippen molar-refractivity contribution in [3.63, 3.8) is 0 Å². The van der Waals surface area contributed by atoms with Gasteiger partial charge in [0.25, 0.3) is 0 Å². The summed E-state index contributed by atoms with van der Waals surface area (Å²) < 4.78 is 5.18. The Bertz CT molecular complexity index is 415. The molecular formula is C15H25N3O3. The summed E-state index contributed by atoms with van der Waals surface area (Å²) in [4.78, 5) is 25.9. The summed E-state index contributed by atoms with van der Waals surface area (Å²) in [6, 6.07) is 1.67. The summed E-state index contributed by atoms with van der Waals surface area (Å²) in [5, 5.41) is 11.5. The van der Waals surface area contributed by atoms with Gasteiger partial charge in [0.15, 0.2) is 0 Å². The quantitative estimate of drug-likeness (QED) is 0.864. The van der Waals surface area contributed by atoms with Gasteiger partial charge in [-0.05, 0) is 40.0 Å². The minimum atomic E-state index is -0.587. The third kappa shape index (κ3) is 5.62. The van der Waals surface area contributed by atoms with Crippen molar-refractivity contribution in [2.24, 2.45) is 5.92 Å². The van der Waals surface area contributed by atoms with Crippen LogP contribution < -0.4 is 5.32 Å². The van der Waals surface area contributed by atoms with E-state index < -0.39 is 17.7 Å². The first kappa shape index (κ1) is 17.3. The van der Waals surface area contributed by atoms with Crippen molar-refractivity contribution >= 4 is 12.0 Å². The van der Waals surface area contributed by atoms with E-state index in [-0.39, 0.29) is 11.8 Å². The lowest BCUT2D eigenvalue weighted by Gasteiger charge is -2.32. The average molecular weight is 295 g/mol. The molecule has 1 atom stereocenters. The van der Waals surface area contributed by atoms with E-state index in [9.17, 15) is 9.59 Å². The number of piperidine rings is 1. The van der Waals surface area contributed by atoms with Crippen LogP contribution in [0.25, 0.3) is 0 Å². The van der Waals surface area contributed by atoms with Crippen molar-refractivity contribution in [1.82, 2.24) is 10.2 Å². The van der Waals surface area contributed by atoms with Crippen LogP contribution in [0.3, 0.4) is 0 Å². The number of carbonyl (C=O) groups excluding carboxylic acids is 2. The van der Waals surface area contributed by atoms with Crippen molar-refractivity contribution in [2.45, 2.75) is 58.6 Å². The molecule has 0 radical (unpaired) electrons. The molecule has 1 fully saturated rings. The summed E-state index contributed by atoms with van der Waals surface area (Å²) >= 11 is 0. The van der Waals surface area contributed by atoms with Crippen molar-refractivity contribution < 1.29 is 14.3 Å². The van der Waals surface area contributed by atoms with Crippen LogP contribution in [0.2, 0.25) is 0 Å². The van der Waals surface area contributed by atoms with Gasteiger partial charge in [-0.25, -0.2) is 4.79 Å². The van der Waals surface area contributed by atoms with Crippen LogP contribution in [0.15, 0.2) is 0 Å². The fourth-order valence-electron chi connectivity index (χ4n) is 2.24. The van der Waals surface area contributed by atoms with Crippen molar-refractivity contribution in [2.75, 3.05) is 13.1 Å². The zero-order chi connectivity index (χ0) is 16.0. The topological polar surface area (TPSA) is 82.4 Å². The standard InChI is InChI=1S/C15H25N3O3/c1-5-12(17-14(20)21-15(2,3)4)13(19)18-8-6-11(10-16)7-9-18/h11-12H,5-9H2,1-4H3,(H,17,20)/t12-/m1/s1. The molecule has 0 aliphatic carbocycles. The molecule has 0 aromatic carbocycles. The van der Waals surface area contributed by atoms with E-state index in [1.165, 1.54) is 0 Å². The number of alkyl carbamates (subject to hydrolysis) is 1. The molecule has 1 rings (SSSR count). The van der Waals surface area contributed by atoms with Crippen LogP contribution in [0.1, 0.15) is 47.0 Å². The molecule has 0 aromatic rings. The van der Waals surface area contributed by atoms with Crippen LogP contribution in [0.4, 0.5) is 4.79 Å². The third-order valence-corrected chi connectivity index (χ3v) is 3.39. The summed E-state index contributed by atoms with van der Waals surface area (Å²) in [5.41, 5.74) is -0.587. The van der Waals surface area contributed by atoms with Gasteiger partial charge in [0.1, 0.15) is 11.6 Å². The molecule has 118 valence electrons. The van der Waals surface area contributed by atoms with E-state index in [0.717, 1.165) is 0 Å². The SMILES string of the molecule is CC[C@@H](NC(=O)OC(C)(C)C)C(=O)N1CCC(C#N)CC1. The lowest BCUT2D eigenvalue weighted by molar-refractivity contribution is -0.134. The zero-order valence-electron chi connectivity index (χ0n) is 13.3. The molecule has 21 heavy (non-hydrogen) atoms. The van der Waals surface area contributed by atoms with Gasteiger partial charge in [-0.15, -0.1) is 0 Å². The molecule has 2 amide bonds. The fourth-order valence-corrected chi connectivity index (χ4v) is 2.24. The van der Waals surface area contributed by atoms with Gasteiger partial charge >= 0.3 is 6.09 Å². The number of nitrogens with zero attached hydrogens (tertiary/aromatic N) is 2. The van der Waals surface area contributed by atoms with Crippen LogP contribution in [-0.2, 0) is 9.53 Å². The predicted octanol–water partition coefficient (Wildman–Crippen LogP) is 2.05. The van der Waals surface area contributed by atoms with Crippen molar-refractivity contribution in [3.05, 3.63) is 0 Å². The van der Waals surface area contributed by atoms with E-state index in [1.54, 1.807) is 25.7 Å². The molecule has 0 unspecified atom stereocenters. The molecule has 6 nitrogen and oxygen atoms in total. The average Bonchev–Trinajstić information content (AvgIpc) is 2.42. The van der Waals surface area contributed by atoms with E-state index in [4.69, 9.17) is 10.00 Å². The molecule has 1 saturated heterocycles. The van der Waals surface area contributed by atoms with Crippen molar-refractivity contribution in [1.29, 1.82) is 5.26 Å². The lowest BCUT2D eigenvalue weighted by atomic mass is 9.98. The largest absolute Gasteiger partial charge is 0.444 e. The Balaban J connectivity index is 2.54. The molecule has 6 heteroatoms. The molecular weight excluding hydrogens is 270 g/mol. The smallest absolute Gasteiger partial charge is 0.408 e. The molecule has 0 spiro atoms. The minimum absolute atomic E-state index is 0.0351. The number of hydrogen-bond acceptors (Lipinski definition) is 4. The van der Waals surface area contributed by atoms with E-state index >= 15 is 0 Å². The first-order valence-corrected chi connectivity index (χ1v) is 7.44. The Morgan fingerprint density at radius 3 is 2.38 bits per heavy atom. The van der Waals surface area contributed by atoms with Gasteiger partial charge in [-0.3, -0.25) is 4.79 Å². The Hall–Kier alpha value is -1.77. The second-order valence-electron chi connectivity index (χ2n) is 6.34. The number of amides is 2. The number of nitriles is 1. The lowest BCUT2D eigenvalue weighted by Crippen LogP contribution is -2.51. The summed E-state index contributed by atoms with van der Waals surface area (Å²) in [6.45, 7) is 8.33. The van der Waals surface area contributed by atoms with Gasteiger partial charge in [0.05, 0.1) is 6.07 Å². The normalized spacial score (nSPS) is 17.8. The first-order valence-electron chi connectivity index (χ1n) is 7.44.